The molecule has 1 N–H and O–H groups in total. The van der Waals surface area contributed by atoms with Gasteiger partial charge in [-0.15, -0.1) is 0 Å². The summed E-state index contributed by atoms with van der Waals surface area (Å²) >= 11 is 0. The molecule has 0 atom stereocenters. The number of hydrogen-bond acceptors (Lipinski definition) is 3. The Labute approximate surface area is 128 Å². The van der Waals surface area contributed by atoms with Crippen molar-refractivity contribution in [1.82, 2.24) is 9.97 Å². The number of aromatic nitrogens is 2. The van der Waals surface area contributed by atoms with Crippen molar-refractivity contribution in [3.63, 3.8) is 0 Å². The van der Waals surface area contributed by atoms with Crippen LogP contribution in [0.15, 0.2) is 67.1 Å². The lowest BCUT2D eigenvalue weighted by atomic mass is 10.1. The van der Waals surface area contributed by atoms with Crippen LogP contribution in [0.3, 0.4) is 0 Å². The van der Waals surface area contributed by atoms with Crippen LogP contribution in [0.5, 0.6) is 0 Å². The smallest absolute Gasteiger partial charge is 0.0703 e. The number of fused-ring (bicyclic) bond motifs is 2. The van der Waals surface area contributed by atoms with Crippen LogP contribution in [-0.4, -0.2) is 9.97 Å². The Morgan fingerprint density at radius 3 is 2.64 bits per heavy atom. The molecule has 0 aliphatic rings. The highest BCUT2D eigenvalue weighted by atomic mass is 14.9. The van der Waals surface area contributed by atoms with E-state index < -0.39 is 0 Å². The molecule has 0 aliphatic heterocycles. The van der Waals surface area contributed by atoms with Gasteiger partial charge in [0.2, 0.25) is 0 Å². The van der Waals surface area contributed by atoms with E-state index >= 15 is 0 Å². The second-order valence-corrected chi connectivity index (χ2v) is 5.48. The van der Waals surface area contributed by atoms with Gasteiger partial charge in [-0.3, -0.25) is 9.97 Å². The van der Waals surface area contributed by atoms with Crippen LogP contribution in [0.4, 0.5) is 11.4 Å². The van der Waals surface area contributed by atoms with Gasteiger partial charge in [0.25, 0.3) is 0 Å². The summed E-state index contributed by atoms with van der Waals surface area (Å²) in [5, 5.41) is 6.87. The Morgan fingerprint density at radius 1 is 0.773 bits per heavy atom. The second kappa shape index (κ2) is 5.11. The van der Waals surface area contributed by atoms with Crippen molar-refractivity contribution in [2.24, 2.45) is 0 Å². The number of nitrogens with zero attached hydrogens (tertiary/aromatic N) is 2. The van der Waals surface area contributed by atoms with E-state index in [1.165, 1.54) is 10.9 Å². The number of hydrogen-bond donors (Lipinski definition) is 1. The molecule has 2 aromatic carbocycles. The highest BCUT2D eigenvalue weighted by molar-refractivity contribution is 5.87. The van der Waals surface area contributed by atoms with E-state index in [1.807, 2.05) is 24.7 Å². The molecule has 4 rings (SSSR count). The molecule has 0 unspecified atom stereocenters. The zero-order valence-corrected chi connectivity index (χ0v) is 12.2. The van der Waals surface area contributed by atoms with Gasteiger partial charge >= 0.3 is 0 Å². The van der Waals surface area contributed by atoms with Crippen LogP contribution >= 0.6 is 0 Å². The maximum atomic E-state index is 4.51. The van der Waals surface area contributed by atoms with E-state index in [2.05, 4.69) is 64.7 Å². The van der Waals surface area contributed by atoms with Crippen LogP contribution in [0.2, 0.25) is 0 Å². The highest BCUT2D eigenvalue weighted by Gasteiger charge is 2.01. The molecular formula is C19H15N3. The molecule has 22 heavy (non-hydrogen) atoms. The number of anilines is 2. The second-order valence-electron chi connectivity index (χ2n) is 5.48. The van der Waals surface area contributed by atoms with E-state index in [-0.39, 0.29) is 0 Å². The summed E-state index contributed by atoms with van der Waals surface area (Å²) in [7, 11) is 0. The summed E-state index contributed by atoms with van der Waals surface area (Å²) in [4.78, 5) is 8.68. The van der Waals surface area contributed by atoms with Crippen LogP contribution < -0.4 is 5.32 Å². The van der Waals surface area contributed by atoms with E-state index in [0.29, 0.717) is 0 Å². The van der Waals surface area contributed by atoms with Crippen molar-refractivity contribution < 1.29 is 0 Å². The van der Waals surface area contributed by atoms with Crippen molar-refractivity contribution in [1.29, 1.82) is 0 Å². The fourth-order valence-electron chi connectivity index (χ4n) is 2.65. The Bertz CT molecular complexity index is 976. The van der Waals surface area contributed by atoms with E-state index in [4.69, 9.17) is 0 Å². The number of rotatable bonds is 2. The van der Waals surface area contributed by atoms with Gasteiger partial charge < -0.3 is 5.32 Å². The van der Waals surface area contributed by atoms with E-state index in [0.717, 1.165) is 27.7 Å². The average molecular weight is 285 g/mol. The molecule has 3 nitrogen and oxygen atoms in total. The molecule has 0 saturated carbocycles. The Morgan fingerprint density at radius 2 is 1.68 bits per heavy atom. The molecule has 0 fully saturated rings. The van der Waals surface area contributed by atoms with E-state index in [1.54, 1.807) is 0 Å². The lowest BCUT2D eigenvalue weighted by Gasteiger charge is -2.08. The minimum Gasteiger partial charge on any atom is -0.354 e. The van der Waals surface area contributed by atoms with Gasteiger partial charge in [0, 0.05) is 28.9 Å². The lowest BCUT2D eigenvalue weighted by molar-refractivity contribution is 1.36. The first-order chi connectivity index (χ1) is 10.8. The quantitative estimate of drug-likeness (QED) is 0.573. The molecule has 3 heteroatoms. The maximum Gasteiger partial charge on any atom is 0.0703 e. The molecule has 0 aliphatic carbocycles. The minimum absolute atomic E-state index is 0.987. The summed E-state index contributed by atoms with van der Waals surface area (Å²) in [6.45, 7) is 2.09. The number of nitrogens with one attached hydrogen (secondary N) is 1. The van der Waals surface area contributed by atoms with Gasteiger partial charge in [0.15, 0.2) is 0 Å². The predicted molar refractivity (Wildman–Crippen MR) is 91.5 cm³/mol. The third-order valence-electron chi connectivity index (χ3n) is 3.77. The summed E-state index contributed by atoms with van der Waals surface area (Å²) in [5.41, 5.74) is 4.28. The largest absolute Gasteiger partial charge is 0.354 e. The van der Waals surface area contributed by atoms with Gasteiger partial charge in [0.1, 0.15) is 0 Å². The van der Waals surface area contributed by atoms with Gasteiger partial charge in [-0.25, -0.2) is 0 Å². The minimum atomic E-state index is 0.987. The summed E-state index contributed by atoms with van der Waals surface area (Å²) in [5.74, 6) is 0. The van der Waals surface area contributed by atoms with Crippen molar-refractivity contribution in [3.8, 4) is 0 Å². The molecule has 0 radical (unpaired) electrons. The van der Waals surface area contributed by atoms with Crippen molar-refractivity contribution in [2.45, 2.75) is 6.92 Å². The zero-order valence-electron chi connectivity index (χ0n) is 12.2. The fourth-order valence-corrected chi connectivity index (χ4v) is 2.65. The summed E-state index contributed by atoms with van der Waals surface area (Å²) < 4.78 is 0. The monoisotopic (exact) mass is 285 g/mol. The molecule has 4 aromatic rings. The lowest BCUT2D eigenvalue weighted by Crippen LogP contribution is -1.92. The van der Waals surface area contributed by atoms with Crippen LogP contribution in [0.25, 0.3) is 21.7 Å². The first kappa shape index (κ1) is 12.8. The third kappa shape index (κ3) is 2.37. The average Bonchev–Trinajstić information content (AvgIpc) is 2.54. The SMILES string of the molecule is Cc1ccc2ncc(Nc3ccc4ccncc4c3)cc2c1. The standard InChI is InChI=1S/C19H15N3/c1-13-2-5-19-15(8-13)9-18(12-21-19)22-17-4-3-14-6-7-20-11-16(14)10-17/h2-12,22H,1H3. The summed E-state index contributed by atoms with van der Waals surface area (Å²) in [6.07, 6.45) is 5.55. The molecule has 2 aromatic heterocycles. The molecule has 0 bridgehead atoms. The van der Waals surface area contributed by atoms with Gasteiger partial charge in [-0.1, -0.05) is 17.7 Å². The maximum absolute atomic E-state index is 4.51. The summed E-state index contributed by atoms with van der Waals surface area (Å²) in [6, 6.07) is 16.7. The molecular weight excluding hydrogens is 270 g/mol. The highest BCUT2D eigenvalue weighted by Crippen LogP contribution is 2.24. The van der Waals surface area contributed by atoms with Crippen molar-refractivity contribution in [2.75, 3.05) is 5.32 Å². The van der Waals surface area contributed by atoms with Crippen LogP contribution in [-0.2, 0) is 0 Å². The van der Waals surface area contributed by atoms with Crippen molar-refractivity contribution in [3.05, 3.63) is 72.7 Å². The zero-order chi connectivity index (χ0) is 14.9. The number of pyridine rings is 2. The Hall–Kier alpha value is -2.94. The molecule has 0 amide bonds. The Kier molecular flexibility index (Phi) is 2.97. The van der Waals surface area contributed by atoms with Crippen LogP contribution in [0.1, 0.15) is 5.56 Å². The van der Waals surface area contributed by atoms with Crippen molar-refractivity contribution >= 4 is 33.1 Å². The van der Waals surface area contributed by atoms with Gasteiger partial charge in [-0.05, 0) is 48.7 Å². The fraction of sp³-hybridized carbons (Fsp3) is 0.0526. The van der Waals surface area contributed by atoms with Gasteiger partial charge in [-0.2, -0.15) is 0 Å². The number of aryl methyl sites for hydroxylation is 1. The molecule has 0 spiro atoms. The normalized spacial score (nSPS) is 11.0. The van der Waals surface area contributed by atoms with Gasteiger partial charge in [0.05, 0.1) is 17.4 Å². The number of benzene rings is 2. The third-order valence-corrected chi connectivity index (χ3v) is 3.77. The predicted octanol–water partition coefficient (Wildman–Crippen LogP) is 4.84. The first-order valence-electron chi connectivity index (χ1n) is 7.25. The molecule has 106 valence electrons. The van der Waals surface area contributed by atoms with Crippen LogP contribution in [0, 0.1) is 6.92 Å². The topological polar surface area (TPSA) is 37.8 Å². The first-order valence-corrected chi connectivity index (χ1v) is 7.25. The molecule has 2 heterocycles. The van der Waals surface area contributed by atoms with E-state index in [9.17, 15) is 0 Å². The molecule has 0 saturated heterocycles. The Balaban J connectivity index is 1.72.